The van der Waals surface area contributed by atoms with Crippen LogP contribution in [0.15, 0.2) is 53.9 Å². The van der Waals surface area contributed by atoms with Gasteiger partial charge in [-0.05, 0) is 92.2 Å². The third-order valence-electron chi connectivity index (χ3n) is 8.79. The highest BCUT2D eigenvalue weighted by Gasteiger charge is 2.25. The van der Waals surface area contributed by atoms with Gasteiger partial charge in [-0.3, -0.25) is 14.4 Å². The number of rotatable bonds is 7. The van der Waals surface area contributed by atoms with Crippen LogP contribution in [0.2, 0.25) is 0 Å². The molecule has 9 nitrogen and oxygen atoms in total. The van der Waals surface area contributed by atoms with Crippen molar-refractivity contribution in [1.29, 1.82) is 0 Å². The Hall–Kier alpha value is -4.22. The van der Waals surface area contributed by atoms with Gasteiger partial charge < -0.3 is 25.8 Å². The number of amides is 1. The first-order chi connectivity index (χ1) is 23.2. The van der Waals surface area contributed by atoms with Crippen LogP contribution in [-0.4, -0.2) is 56.9 Å². The minimum Gasteiger partial charge on any atom is -0.493 e. The van der Waals surface area contributed by atoms with E-state index in [1.807, 2.05) is 36.6 Å². The van der Waals surface area contributed by atoms with E-state index < -0.39 is 0 Å². The molecule has 0 unspecified atom stereocenters. The summed E-state index contributed by atoms with van der Waals surface area (Å²) in [6.07, 6.45) is 8.92. The zero-order valence-corrected chi connectivity index (χ0v) is 29.3. The molecule has 1 amide bonds. The Balaban J connectivity index is 0.000000368. The van der Waals surface area contributed by atoms with Gasteiger partial charge in [0.25, 0.3) is 5.91 Å². The maximum Gasteiger partial charge on any atom is 0.256 e. The van der Waals surface area contributed by atoms with E-state index in [0.29, 0.717) is 59.4 Å². The summed E-state index contributed by atoms with van der Waals surface area (Å²) in [5.74, 6) is 0.289. The average Bonchev–Trinajstić information content (AvgIpc) is 3.50. The predicted molar refractivity (Wildman–Crippen MR) is 193 cm³/mol. The molecular weight excluding hydrogens is 625 g/mol. The van der Waals surface area contributed by atoms with Crippen LogP contribution < -0.4 is 21.1 Å². The molecule has 254 valence electrons. The average molecular weight is 671 g/mol. The van der Waals surface area contributed by atoms with Crippen molar-refractivity contribution < 1.29 is 23.9 Å². The molecule has 1 aliphatic heterocycles. The van der Waals surface area contributed by atoms with Gasteiger partial charge >= 0.3 is 0 Å². The van der Waals surface area contributed by atoms with Crippen molar-refractivity contribution in [2.24, 2.45) is 5.73 Å². The normalized spacial score (nSPS) is 14.3. The van der Waals surface area contributed by atoms with Gasteiger partial charge in [0.1, 0.15) is 17.1 Å². The second kappa shape index (κ2) is 17.3. The zero-order valence-electron chi connectivity index (χ0n) is 28.5. The molecule has 1 aliphatic carbocycles. The summed E-state index contributed by atoms with van der Waals surface area (Å²) in [5.41, 5.74) is 12.2. The first kappa shape index (κ1) is 36.6. The topological polar surface area (TPSA) is 133 Å². The molecule has 0 saturated heterocycles. The number of carbonyl (C=O) groups excluding carboxylic acids is 3. The number of nitrogens with one attached hydrogen (secondary N) is 2. The van der Waals surface area contributed by atoms with E-state index in [9.17, 15) is 14.4 Å². The highest BCUT2D eigenvalue weighted by molar-refractivity contribution is 7.13. The molecule has 1 fully saturated rings. The highest BCUT2D eigenvalue weighted by atomic mass is 32.1. The monoisotopic (exact) mass is 670 g/mol. The van der Waals surface area contributed by atoms with E-state index in [2.05, 4.69) is 40.4 Å². The molecule has 2 aliphatic rings. The van der Waals surface area contributed by atoms with Gasteiger partial charge in [0.2, 0.25) is 0 Å². The second-order valence-corrected chi connectivity index (χ2v) is 13.2. The number of nitrogens with two attached hydrogens (primary N) is 1. The van der Waals surface area contributed by atoms with Crippen molar-refractivity contribution in [2.45, 2.75) is 64.5 Å². The summed E-state index contributed by atoms with van der Waals surface area (Å²) in [5, 5.41) is 8.42. The smallest absolute Gasteiger partial charge is 0.256 e. The van der Waals surface area contributed by atoms with E-state index in [1.165, 1.54) is 38.2 Å². The fourth-order valence-corrected chi connectivity index (χ4v) is 6.94. The van der Waals surface area contributed by atoms with Gasteiger partial charge in [-0.15, -0.1) is 11.3 Å². The van der Waals surface area contributed by atoms with Crippen LogP contribution in [0.25, 0.3) is 21.6 Å². The lowest BCUT2D eigenvalue weighted by Gasteiger charge is -2.33. The predicted octanol–water partition coefficient (Wildman–Crippen LogP) is 7.25. The number of hydrogen-bond acceptors (Lipinski definition) is 9. The lowest BCUT2D eigenvalue weighted by atomic mass is 9.84. The Labute approximate surface area is 287 Å². The third kappa shape index (κ3) is 8.82. The molecule has 2 aromatic heterocycles. The van der Waals surface area contributed by atoms with Crippen LogP contribution in [0.5, 0.6) is 5.75 Å². The van der Waals surface area contributed by atoms with E-state index >= 15 is 0 Å². The molecule has 2 aromatic carbocycles. The van der Waals surface area contributed by atoms with Crippen LogP contribution >= 0.6 is 11.3 Å². The first-order valence-electron chi connectivity index (χ1n) is 16.2. The van der Waals surface area contributed by atoms with Gasteiger partial charge in [0, 0.05) is 65.5 Å². The molecule has 10 heteroatoms. The number of nitrogens with zero attached hydrogens (tertiary/aromatic N) is 1. The molecule has 3 heterocycles. The minimum atomic E-state index is -0.338. The van der Waals surface area contributed by atoms with Gasteiger partial charge in [-0.25, -0.2) is 4.98 Å². The number of thiophene rings is 1. The molecule has 0 radical (unpaired) electrons. The third-order valence-corrected chi connectivity index (χ3v) is 9.78. The summed E-state index contributed by atoms with van der Waals surface area (Å²) < 4.78 is 10.3. The molecule has 1 saturated carbocycles. The van der Waals surface area contributed by atoms with E-state index in [-0.39, 0.29) is 17.3 Å². The summed E-state index contributed by atoms with van der Waals surface area (Å²) in [6, 6.07) is 14.5. The largest absolute Gasteiger partial charge is 0.493 e. The molecule has 48 heavy (non-hydrogen) atoms. The summed E-state index contributed by atoms with van der Waals surface area (Å²) in [6.45, 7) is 5.14. The molecule has 0 spiro atoms. The minimum absolute atomic E-state index is 0.0718. The Bertz CT molecular complexity index is 1730. The molecule has 0 atom stereocenters. The summed E-state index contributed by atoms with van der Waals surface area (Å²) in [4.78, 5) is 42.0. The van der Waals surface area contributed by atoms with E-state index in [4.69, 9.17) is 10.5 Å². The van der Waals surface area contributed by atoms with Gasteiger partial charge in [-0.1, -0.05) is 31.4 Å². The number of hydrogen-bond donors (Lipinski definition) is 3. The van der Waals surface area contributed by atoms with Crippen LogP contribution in [0, 0.1) is 6.92 Å². The van der Waals surface area contributed by atoms with Crippen molar-refractivity contribution in [2.75, 3.05) is 33.2 Å². The van der Waals surface area contributed by atoms with E-state index in [0.717, 1.165) is 33.6 Å². The van der Waals surface area contributed by atoms with Crippen LogP contribution in [0.3, 0.4) is 0 Å². The highest BCUT2D eigenvalue weighted by Crippen LogP contribution is 2.43. The summed E-state index contributed by atoms with van der Waals surface area (Å²) in [7, 11) is 5.32. The van der Waals surface area contributed by atoms with Crippen LogP contribution in [0.1, 0.15) is 87.1 Å². The standard InChI is InChI=1S/C28H23N3O4S.C8H17N.C2H6O/c1-16-10-17(13-29)2-5-24(16)31-28(34)22-11-23-26(35-8-6-18-7-9-36-27(18)23)12-21(22)20-4-3-19(14-32)30-25(20)15-33;1-8(9-2)6-4-3-5-7-8;1-3-2/h2-5,7,9-12,14-15H,6,8,13,29H2,1H3,(H,31,34);9H,3-7H2,1-2H3;1-2H3. The molecule has 4 aromatic rings. The fraction of sp³-hybridized carbons (Fsp3) is 0.368. The van der Waals surface area contributed by atoms with Crippen LogP contribution in [0.4, 0.5) is 5.69 Å². The van der Waals surface area contributed by atoms with Crippen molar-refractivity contribution in [3.05, 3.63) is 87.6 Å². The Morgan fingerprint density at radius 1 is 1.02 bits per heavy atom. The number of fused-ring (bicyclic) bond motifs is 3. The number of aryl methyl sites for hydroxylation is 1. The molecule has 4 N–H and O–H groups in total. The second-order valence-electron chi connectivity index (χ2n) is 12.3. The molecule has 0 bridgehead atoms. The quantitative estimate of drug-likeness (QED) is 0.175. The van der Waals surface area contributed by atoms with Crippen molar-refractivity contribution in [3.8, 4) is 27.3 Å². The SMILES string of the molecule is CNC1(C)CCCCC1.COC.Cc1cc(CN)ccc1NC(=O)c1cc2c(cc1-c1ccc(C=O)nc1C=O)OCCc1ccsc1-2. The number of carbonyl (C=O) groups is 3. The van der Waals surface area contributed by atoms with Gasteiger partial charge in [0.15, 0.2) is 12.6 Å². The number of aldehydes is 2. The Kier molecular flexibility index (Phi) is 13.2. The number of benzene rings is 2. The van der Waals surface area contributed by atoms with Gasteiger partial charge in [-0.2, -0.15) is 0 Å². The van der Waals surface area contributed by atoms with Crippen molar-refractivity contribution in [1.82, 2.24) is 10.3 Å². The number of aromatic nitrogens is 1. The van der Waals surface area contributed by atoms with Crippen molar-refractivity contribution in [3.63, 3.8) is 0 Å². The lowest BCUT2D eigenvalue weighted by molar-refractivity contribution is 0.102. The number of anilines is 1. The fourth-order valence-electron chi connectivity index (χ4n) is 5.97. The maximum absolute atomic E-state index is 13.7. The Morgan fingerprint density at radius 3 is 2.40 bits per heavy atom. The lowest BCUT2D eigenvalue weighted by Crippen LogP contribution is -2.41. The van der Waals surface area contributed by atoms with Crippen LogP contribution in [-0.2, 0) is 17.7 Å². The van der Waals surface area contributed by atoms with Gasteiger partial charge in [0.05, 0.1) is 6.61 Å². The number of pyridine rings is 1. The number of ether oxygens (including phenoxy) is 2. The maximum atomic E-state index is 13.7. The molecule has 6 rings (SSSR count). The van der Waals surface area contributed by atoms with Crippen molar-refractivity contribution >= 4 is 35.5 Å². The number of methoxy groups -OCH3 is 1. The van der Waals surface area contributed by atoms with E-state index in [1.54, 1.807) is 37.7 Å². The summed E-state index contributed by atoms with van der Waals surface area (Å²) >= 11 is 1.60. The first-order valence-corrected chi connectivity index (χ1v) is 17.1. The Morgan fingerprint density at radius 2 is 1.77 bits per heavy atom. The zero-order chi connectivity index (χ0) is 34.7. The molecular formula is C38H46N4O5S.